The van der Waals surface area contributed by atoms with Crippen LogP contribution in [0.5, 0.6) is 0 Å². The molecule has 0 aliphatic carbocycles. The normalized spacial score (nSPS) is 12.6. The molecule has 0 radical (unpaired) electrons. The summed E-state index contributed by atoms with van der Waals surface area (Å²) in [6.07, 6.45) is 0.962. The molecule has 0 amide bonds. The van der Waals surface area contributed by atoms with Crippen LogP contribution in [-0.2, 0) is 9.84 Å². The molecule has 0 bridgehead atoms. The van der Waals surface area contributed by atoms with Gasteiger partial charge in [0.1, 0.15) is 6.07 Å². The van der Waals surface area contributed by atoms with Crippen LogP contribution in [0.4, 0.5) is 0 Å². The topological polar surface area (TPSA) is 57.9 Å². The van der Waals surface area contributed by atoms with Crippen molar-refractivity contribution in [1.82, 2.24) is 0 Å². The summed E-state index contributed by atoms with van der Waals surface area (Å²) in [5.41, 5.74) is 0. The Bertz CT molecular complexity index is 251. The van der Waals surface area contributed by atoms with Gasteiger partial charge in [-0.1, -0.05) is 23.2 Å². The molecule has 0 fully saturated rings. The molecular weight excluding hydrogens is 197 g/mol. The molecule has 3 nitrogen and oxygen atoms in total. The molecule has 0 saturated carbocycles. The predicted molar refractivity (Wildman–Crippen MR) is 39.8 cm³/mol. The van der Waals surface area contributed by atoms with E-state index in [1.54, 1.807) is 0 Å². The fraction of sp³-hybridized carbons (Fsp3) is 0.750. The summed E-state index contributed by atoms with van der Waals surface area (Å²) in [5, 5.41) is 8.18. The largest absolute Gasteiger partial charge is 0.229 e. The Morgan fingerprint density at radius 3 is 2.10 bits per heavy atom. The molecule has 0 aromatic heterocycles. The summed E-state index contributed by atoms with van der Waals surface area (Å²) < 4.78 is 19.2. The lowest BCUT2D eigenvalue weighted by Crippen LogP contribution is -2.22. The molecule has 0 N–H and O–H groups in total. The van der Waals surface area contributed by atoms with E-state index < -0.39 is 19.9 Å². The number of hydrogen-bond donors (Lipinski definition) is 0. The maximum absolute atomic E-state index is 10.5. The highest BCUT2D eigenvalue weighted by Crippen LogP contribution is 2.20. The van der Waals surface area contributed by atoms with Crippen molar-refractivity contribution < 1.29 is 8.42 Å². The van der Waals surface area contributed by atoms with E-state index >= 15 is 0 Å². The van der Waals surface area contributed by atoms with Gasteiger partial charge in [0.15, 0.2) is 9.84 Å². The quantitative estimate of drug-likeness (QED) is 0.620. The van der Waals surface area contributed by atoms with Crippen LogP contribution in [0.25, 0.3) is 0 Å². The number of rotatable bonds is 2. The van der Waals surface area contributed by atoms with Crippen molar-refractivity contribution in [2.45, 2.75) is 4.33 Å². The van der Waals surface area contributed by atoms with Gasteiger partial charge in [-0.25, -0.2) is 8.42 Å². The van der Waals surface area contributed by atoms with Gasteiger partial charge < -0.3 is 0 Å². The van der Waals surface area contributed by atoms with Gasteiger partial charge in [0.05, 0.1) is 5.75 Å². The number of nitrogens with zero attached hydrogens (tertiary/aromatic N) is 1. The average molecular weight is 202 g/mol. The highest BCUT2D eigenvalue weighted by molar-refractivity contribution is 7.90. The van der Waals surface area contributed by atoms with Crippen molar-refractivity contribution in [3.8, 4) is 6.07 Å². The molecule has 0 aliphatic rings. The van der Waals surface area contributed by atoms with Crippen molar-refractivity contribution in [2.24, 2.45) is 0 Å². The van der Waals surface area contributed by atoms with Crippen molar-refractivity contribution in [3.63, 3.8) is 0 Å². The minimum absolute atomic E-state index is 0.542. The van der Waals surface area contributed by atoms with E-state index in [0.717, 1.165) is 6.26 Å². The molecule has 0 rings (SSSR count). The fourth-order valence-electron chi connectivity index (χ4n) is 0.362. The van der Waals surface area contributed by atoms with Gasteiger partial charge in [0, 0.05) is 6.26 Å². The monoisotopic (exact) mass is 201 g/mol. The third-order valence-electron chi connectivity index (χ3n) is 0.607. The van der Waals surface area contributed by atoms with E-state index in [2.05, 4.69) is 0 Å². The van der Waals surface area contributed by atoms with Gasteiger partial charge in [0.2, 0.25) is 4.33 Å². The zero-order valence-electron chi connectivity index (χ0n) is 5.13. The highest BCUT2D eigenvalue weighted by Gasteiger charge is 2.28. The lowest BCUT2D eigenvalue weighted by molar-refractivity contribution is 0.601. The summed E-state index contributed by atoms with van der Waals surface area (Å²) in [6.45, 7) is 0. The molecule has 58 valence electrons. The van der Waals surface area contributed by atoms with E-state index in [-0.39, 0.29) is 0 Å². The molecule has 0 heterocycles. The van der Waals surface area contributed by atoms with Crippen molar-refractivity contribution >= 4 is 33.0 Å². The third-order valence-corrected chi connectivity index (χ3v) is 2.32. The fourth-order valence-corrected chi connectivity index (χ4v) is 2.27. The molecule has 10 heavy (non-hydrogen) atoms. The lowest BCUT2D eigenvalue weighted by atomic mass is 10.5. The number of halogens is 2. The second-order valence-electron chi connectivity index (χ2n) is 1.89. The van der Waals surface area contributed by atoms with Gasteiger partial charge >= 0.3 is 0 Å². The van der Waals surface area contributed by atoms with Crippen LogP contribution in [0.1, 0.15) is 0 Å². The molecule has 0 unspecified atom stereocenters. The molecule has 0 spiro atoms. The Morgan fingerprint density at radius 1 is 1.60 bits per heavy atom. The van der Waals surface area contributed by atoms with Crippen molar-refractivity contribution in [2.75, 3.05) is 12.0 Å². The van der Waals surface area contributed by atoms with Crippen LogP contribution >= 0.6 is 23.2 Å². The Balaban J connectivity index is 4.35. The Labute approximate surface area is 69.5 Å². The Hall–Kier alpha value is 0.0200. The van der Waals surface area contributed by atoms with Crippen LogP contribution < -0.4 is 0 Å². The van der Waals surface area contributed by atoms with Crippen LogP contribution in [0.2, 0.25) is 0 Å². The first-order valence-electron chi connectivity index (χ1n) is 2.24. The maximum atomic E-state index is 10.5. The number of sulfone groups is 1. The van der Waals surface area contributed by atoms with Gasteiger partial charge in [-0.3, -0.25) is 0 Å². The molecule has 0 saturated heterocycles. The molecule has 0 atom stereocenters. The van der Waals surface area contributed by atoms with Gasteiger partial charge in [-0.2, -0.15) is 5.26 Å². The van der Waals surface area contributed by atoms with E-state index in [1.807, 2.05) is 0 Å². The second-order valence-corrected chi connectivity index (χ2v) is 5.51. The number of nitriles is 1. The van der Waals surface area contributed by atoms with Gasteiger partial charge in [-0.15, -0.1) is 0 Å². The first-order chi connectivity index (χ1) is 4.27. The number of alkyl halides is 2. The molecule has 0 aromatic carbocycles. The predicted octanol–water partition coefficient (Wildman–Crippen LogP) is 0.728. The average Bonchev–Trinajstić information content (AvgIpc) is 1.60. The lowest BCUT2D eigenvalue weighted by Gasteiger charge is -2.06. The first kappa shape index (κ1) is 10.0. The van der Waals surface area contributed by atoms with Gasteiger partial charge in [-0.05, 0) is 0 Å². The minimum atomic E-state index is -3.28. The molecule has 0 aromatic rings. The summed E-state index contributed by atoms with van der Waals surface area (Å²) >= 11 is 10.5. The van der Waals surface area contributed by atoms with E-state index in [1.165, 1.54) is 6.07 Å². The number of hydrogen-bond acceptors (Lipinski definition) is 3. The van der Waals surface area contributed by atoms with Gasteiger partial charge in [0.25, 0.3) is 0 Å². The molecule has 0 aliphatic heterocycles. The van der Waals surface area contributed by atoms with Crippen molar-refractivity contribution in [1.29, 1.82) is 5.26 Å². The van der Waals surface area contributed by atoms with Crippen LogP contribution in [0.3, 0.4) is 0 Å². The minimum Gasteiger partial charge on any atom is -0.229 e. The van der Waals surface area contributed by atoms with Crippen LogP contribution in [0.15, 0.2) is 0 Å². The zero-order valence-corrected chi connectivity index (χ0v) is 7.46. The van der Waals surface area contributed by atoms with E-state index in [0.29, 0.717) is 0 Å². The summed E-state index contributed by atoms with van der Waals surface area (Å²) in [6, 6.07) is 1.45. The second kappa shape index (κ2) is 2.95. The summed E-state index contributed by atoms with van der Waals surface area (Å²) in [5.74, 6) is -0.542. The molecule has 6 heteroatoms. The van der Waals surface area contributed by atoms with E-state index in [9.17, 15) is 8.42 Å². The van der Waals surface area contributed by atoms with Crippen LogP contribution in [0, 0.1) is 11.3 Å². The summed E-state index contributed by atoms with van der Waals surface area (Å²) in [7, 11) is -3.28. The SMILES string of the molecule is CS(=O)(=O)CC(Cl)(Cl)C#N. The van der Waals surface area contributed by atoms with Crippen molar-refractivity contribution in [3.05, 3.63) is 0 Å². The zero-order chi connectivity index (χ0) is 8.41. The Kier molecular flexibility index (Phi) is 2.96. The third kappa shape index (κ3) is 4.86. The Morgan fingerprint density at radius 2 is 2.00 bits per heavy atom. The standard InChI is InChI=1S/C4H5Cl2NO2S/c1-10(8,9)3-4(5,6)2-7/h3H2,1H3. The van der Waals surface area contributed by atoms with E-state index in [4.69, 9.17) is 28.5 Å². The molecular formula is C4H5Cl2NO2S. The van der Waals surface area contributed by atoms with Crippen LogP contribution in [-0.4, -0.2) is 24.8 Å². The maximum Gasteiger partial charge on any atom is 0.217 e. The highest BCUT2D eigenvalue weighted by atomic mass is 35.5. The smallest absolute Gasteiger partial charge is 0.217 e. The summed E-state index contributed by atoms with van der Waals surface area (Å²) in [4.78, 5) is 0. The first-order valence-corrected chi connectivity index (χ1v) is 5.05.